The summed E-state index contributed by atoms with van der Waals surface area (Å²) in [4.78, 5) is 23.6. The van der Waals surface area contributed by atoms with E-state index in [2.05, 4.69) is 10.6 Å². The van der Waals surface area contributed by atoms with Gasteiger partial charge in [0.25, 0.3) is 5.91 Å². The van der Waals surface area contributed by atoms with Crippen molar-refractivity contribution in [2.75, 3.05) is 13.2 Å². The Morgan fingerprint density at radius 3 is 2.25 bits per heavy atom. The summed E-state index contributed by atoms with van der Waals surface area (Å²) in [6.07, 6.45) is 4.03. The Hall–Kier alpha value is -2.53. The maximum absolute atomic E-state index is 12.0. The summed E-state index contributed by atoms with van der Waals surface area (Å²) in [6.45, 7) is 0.628. The molecule has 0 radical (unpaired) electrons. The summed E-state index contributed by atoms with van der Waals surface area (Å²) < 4.78 is 5.49. The molecule has 1 aliphatic carbocycles. The largest absolute Gasteiger partial charge is 0.484 e. The fraction of sp³-hybridized carbons (Fsp3) is 0.364. The molecular weight excluding hydrogens is 376 g/mol. The third-order valence-corrected chi connectivity index (χ3v) is 4.78. The van der Waals surface area contributed by atoms with Gasteiger partial charge in [0.15, 0.2) is 6.61 Å². The SMILES string of the molecule is O=C(CCc1ccc(Cl)cc1)NCCc1ccc(OCC(=O)NC2CC2)cc1. The zero-order chi connectivity index (χ0) is 19.8. The van der Waals surface area contributed by atoms with Crippen LogP contribution in [-0.4, -0.2) is 31.0 Å². The van der Waals surface area contributed by atoms with Crippen molar-refractivity contribution in [1.82, 2.24) is 10.6 Å². The molecule has 2 aromatic carbocycles. The summed E-state index contributed by atoms with van der Waals surface area (Å²) in [7, 11) is 0. The number of rotatable bonds is 10. The second kappa shape index (κ2) is 10.1. The van der Waals surface area contributed by atoms with Crippen molar-refractivity contribution in [3.63, 3.8) is 0 Å². The lowest BCUT2D eigenvalue weighted by Crippen LogP contribution is -2.30. The molecule has 0 saturated heterocycles. The molecular formula is C22H25ClN2O3. The molecule has 2 N–H and O–H groups in total. The van der Waals surface area contributed by atoms with Gasteiger partial charge in [-0.05, 0) is 61.1 Å². The Kier molecular flexibility index (Phi) is 7.31. The number of carbonyl (C=O) groups is 2. The first kappa shape index (κ1) is 20.2. The van der Waals surface area contributed by atoms with Crippen LogP contribution in [0.1, 0.15) is 30.4 Å². The summed E-state index contributed by atoms with van der Waals surface area (Å²) in [5.74, 6) is 0.631. The first-order chi connectivity index (χ1) is 13.6. The summed E-state index contributed by atoms with van der Waals surface area (Å²) in [5, 5.41) is 6.53. The first-order valence-corrected chi connectivity index (χ1v) is 9.98. The topological polar surface area (TPSA) is 67.4 Å². The van der Waals surface area contributed by atoms with Crippen molar-refractivity contribution in [2.24, 2.45) is 0 Å². The molecule has 1 fully saturated rings. The molecule has 3 rings (SSSR count). The average molecular weight is 401 g/mol. The van der Waals surface area contributed by atoms with Crippen molar-refractivity contribution in [2.45, 2.75) is 38.1 Å². The van der Waals surface area contributed by atoms with E-state index in [-0.39, 0.29) is 18.4 Å². The molecule has 148 valence electrons. The number of ether oxygens (including phenoxy) is 1. The van der Waals surface area contributed by atoms with Crippen molar-refractivity contribution in [3.8, 4) is 5.75 Å². The molecule has 2 aromatic rings. The van der Waals surface area contributed by atoms with E-state index in [0.29, 0.717) is 36.2 Å². The zero-order valence-electron chi connectivity index (χ0n) is 15.7. The van der Waals surface area contributed by atoms with E-state index in [4.69, 9.17) is 16.3 Å². The van der Waals surface area contributed by atoms with Crippen LogP contribution in [0, 0.1) is 0 Å². The van der Waals surface area contributed by atoms with Crippen molar-refractivity contribution in [1.29, 1.82) is 0 Å². The van der Waals surface area contributed by atoms with Gasteiger partial charge in [0.2, 0.25) is 5.91 Å². The predicted octanol–water partition coefficient (Wildman–Crippen LogP) is 3.29. The molecule has 0 aliphatic heterocycles. The lowest BCUT2D eigenvalue weighted by atomic mass is 10.1. The Morgan fingerprint density at radius 2 is 1.57 bits per heavy atom. The molecule has 5 nitrogen and oxygen atoms in total. The van der Waals surface area contributed by atoms with Crippen molar-refractivity contribution >= 4 is 23.4 Å². The van der Waals surface area contributed by atoms with Gasteiger partial charge in [-0.3, -0.25) is 9.59 Å². The average Bonchev–Trinajstić information content (AvgIpc) is 3.51. The highest BCUT2D eigenvalue weighted by molar-refractivity contribution is 6.30. The monoisotopic (exact) mass is 400 g/mol. The Balaban J connectivity index is 1.31. The van der Waals surface area contributed by atoms with Gasteiger partial charge in [0.1, 0.15) is 5.75 Å². The molecule has 0 unspecified atom stereocenters. The van der Waals surface area contributed by atoms with Gasteiger partial charge in [-0.25, -0.2) is 0 Å². The fourth-order valence-electron chi connectivity index (χ4n) is 2.74. The van der Waals surface area contributed by atoms with E-state index < -0.39 is 0 Å². The number of benzene rings is 2. The molecule has 0 spiro atoms. The number of carbonyl (C=O) groups excluding carboxylic acids is 2. The third kappa shape index (κ3) is 7.24. The maximum atomic E-state index is 12.0. The second-order valence-electron chi connectivity index (χ2n) is 7.00. The smallest absolute Gasteiger partial charge is 0.258 e. The molecule has 0 bridgehead atoms. The van der Waals surface area contributed by atoms with Gasteiger partial charge in [-0.2, -0.15) is 0 Å². The van der Waals surface area contributed by atoms with Crippen LogP contribution in [0.15, 0.2) is 48.5 Å². The van der Waals surface area contributed by atoms with E-state index in [9.17, 15) is 9.59 Å². The van der Waals surface area contributed by atoms with Gasteiger partial charge in [0.05, 0.1) is 0 Å². The van der Waals surface area contributed by atoms with Crippen LogP contribution in [0.25, 0.3) is 0 Å². The molecule has 6 heteroatoms. The second-order valence-corrected chi connectivity index (χ2v) is 7.44. The van der Waals surface area contributed by atoms with Crippen LogP contribution >= 0.6 is 11.6 Å². The zero-order valence-corrected chi connectivity index (χ0v) is 16.5. The van der Waals surface area contributed by atoms with Gasteiger partial charge in [0, 0.05) is 24.0 Å². The number of aryl methyl sites for hydroxylation is 1. The molecule has 2 amide bonds. The quantitative estimate of drug-likeness (QED) is 0.643. The molecule has 0 aromatic heterocycles. The summed E-state index contributed by atoms with van der Waals surface area (Å²) in [6, 6.07) is 15.5. The Bertz CT molecular complexity index is 786. The van der Waals surface area contributed by atoms with Crippen molar-refractivity contribution in [3.05, 3.63) is 64.7 Å². The van der Waals surface area contributed by atoms with Crippen LogP contribution in [-0.2, 0) is 22.4 Å². The highest BCUT2D eigenvalue weighted by atomic mass is 35.5. The maximum Gasteiger partial charge on any atom is 0.258 e. The standard InChI is InChI=1S/C22H25ClN2O3/c23-18-6-1-16(2-7-18)5-12-21(26)24-14-13-17-3-10-20(11-4-17)28-15-22(27)25-19-8-9-19/h1-4,6-7,10-11,19H,5,8-9,12-15H2,(H,24,26)(H,25,27). The minimum Gasteiger partial charge on any atom is -0.484 e. The van der Waals surface area contributed by atoms with Crippen LogP contribution < -0.4 is 15.4 Å². The number of nitrogens with one attached hydrogen (secondary N) is 2. The van der Waals surface area contributed by atoms with Crippen LogP contribution in [0.2, 0.25) is 5.02 Å². The number of halogens is 1. The summed E-state index contributed by atoms with van der Waals surface area (Å²) in [5.41, 5.74) is 2.20. The highest BCUT2D eigenvalue weighted by Crippen LogP contribution is 2.18. The van der Waals surface area contributed by atoms with Gasteiger partial charge in [-0.15, -0.1) is 0 Å². The van der Waals surface area contributed by atoms with Gasteiger partial charge >= 0.3 is 0 Å². The van der Waals surface area contributed by atoms with Crippen LogP contribution in [0.3, 0.4) is 0 Å². The molecule has 1 aliphatic rings. The number of hydrogen-bond acceptors (Lipinski definition) is 3. The van der Waals surface area contributed by atoms with E-state index in [1.165, 1.54) is 0 Å². The van der Waals surface area contributed by atoms with Gasteiger partial charge < -0.3 is 15.4 Å². The molecule has 0 heterocycles. The highest BCUT2D eigenvalue weighted by Gasteiger charge is 2.23. The normalized spacial score (nSPS) is 13.0. The van der Waals surface area contributed by atoms with E-state index in [1.54, 1.807) is 0 Å². The van der Waals surface area contributed by atoms with E-state index in [0.717, 1.165) is 30.4 Å². The van der Waals surface area contributed by atoms with E-state index in [1.807, 2.05) is 48.5 Å². The minimum atomic E-state index is -0.0760. The van der Waals surface area contributed by atoms with Crippen LogP contribution in [0.4, 0.5) is 0 Å². The fourth-order valence-corrected chi connectivity index (χ4v) is 2.87. The lowest BCUT2D eigenvalue weighted by molar-refractivity contribution is -0.123. The Morgan fingerprint density at radius 1 is 0.929 bits per heavy atom. The first-order valence-electron chi connectivity index (χ1n) is 9.61. The summed E-state index contributed by atoms with van der Waals surface area (Å²) >= 11 is 5.86. The third-order valence-electron chi connectivity index (χ3n) is 4.53. The lowest BCUT2D eigenvalue weighted by Gasteiger charge is -2.08. The minimum absolute atomic E-state index is 0.0385. The molecule has 1 saturated carbocycles. The Labute approximate surface area is 170 Å². The number of amides is 2. The van der Waals surface area contributed by atoms with Crippen LogP contribution in [0.5, 0.6) is 5.75 Å². The predicted molar refractivity (Wildman–Crippen MR) is 110 cm³/mol. The molecule has 28 heavy (non-hydrogen) atoms. The van der Waals surface area contributed by atoms with Crippen molar-refractivity contribution < 1.29 is 14.3 Å². The molecule has 0 atom stereocenters. The van der Waals surface area contributed by atoms with Gasteiger partial charge in [-0.1, -0.05) is 35.9 Å². The van der Waals surface area contributed by atoms with E-state index >= 15 is 0 Å². The number of hydrogen-bond donors (Lipinski definition) is 2.